The molecule has 84 valence electrons. The minimum atomic E-state index is 0.501. The average Bonchev–Trinajstić information content (AvgIpc) is 2.53. The fraction of sp³-hybridized carbons (Fsp3) is 0.818. The summed E-state index contributed by atoms with van der Waals surface area (Å²) in [7, 11) is 0. The van der Waals surface area contributed by atoms with Crippen LogP contribution in [0.1, 0.15) is 44.8 Å². The third kappa shape index (κ3) is 1.85. The molecular formula is C11H20N4. The smallest absolute Gasteiger partial charge is 0.168 e. The molecule has 4 nitrogen and oxygen atoms in total. The second-order valence-corrected chi connectivity index (χ2v) is 4.93. The van der Waals surface area contributed by atoms with Crippen molar-refractivity contribution in [2.24, 2.45) is 11.8 Å². The van der Waals surface area contributed by atoms with Gasteiger partial charge in [-0.1, -0.05) is 19.1 Å². The maximum atomic E-state index is 5.71. The van der Waals surface area contributed by atoms with Gasteiger partial charge in [0.15, 0.2) is 5.82 Å². The van der Waals surface area contributed by atoms with Crippen LogP contribution in [-0.2, 0) is 0 Å². The maximum Gasteiger partial charge on any atom is 0.168 e. The summed E-state index contributed by atoms with van der Waals surface area (Å²) in [4.78, 5) is 0. The van der Waals surface area contributed by atoms with Crippen molar-refractivity contribution in [2.45, 2.75) is 46.1 Å². The SMILES string of the molecule is Cc1c(N)nnn1C1CCC(C)C(C)C1. The normalized spacial score (nSPS) is 31.8. The fourth-order valence-corrected chi connectivity index (χ4v) is 2.44. The van der Waals surface area contributed by atoms with Gasteiger partial charge in [-0.05, 0) is 38.0 Å². The van der Waals surface area contributed by atoms with Crippen molar-refractivity contribution in [1.29, 1.82) is 0 Å². The quantitative estimate of drug-likeness (QED) is 0.769. The first-order valence-electron chi connectivity index (χ1n) is 5.77. The van der Waals surface area contributed by atoms with Crippen LogP contribution in [0.15, 0.2) is 0 Å². The van der Waals surface area contributed by atoms with E-state index >= 15 is 0 Å². The standard InChI is InChI=1S/C11H20N4/c1-7-4-5-10(6-8(7)2)15-9(3)11(12)13-14-15/h7-8,10H,4-6,12H2,1-3H3. The first kappa shape index (κ1) is 10.5. The Morgan fingerprint density at radius 2 is 2.00 bits per heavy atom. The van der Waals surface area contributed by atoms with E-state index in [9.17, 15) is 0 Å². The lowest BCUT2D eigenvalue weighted by Gasteiger charge is -2.32. The van der Waals surface area contributed by atoms with Crippen molar-refractivity contribution in [3.8, 4) is 0 Å². The third-order valence-corrected chi connectivity index (χ3v) is 3.88. The van der Waals surface area contributed by atoms with Gasteiger partial charge in [-0.2, -0.15) is 0 Å². The molecule has 0 radical (unpaired) electrons. The van der Waals surface area contributed by atoms with Gasteiger partial charge in [0.05, 0.1) is 11.7 Å². The Morgan fingerprint density at radius 1 is 1.27 bits per heavy atom. The molecule has 1 aromatic rings. The van der Waals surface area contributed by atoms with Gasteiger partial charge in [-0.15, -0.1) is 5.10 Å². The Kier molecular flexibility index (Phi) is 2.67. The molecule has 1 fully saturated rings. The van der Waals surface area contributed by atoms with E-state index in [1.165, 1.54) is 19.3 Å². The maximum absolute atomic E-state index is 5.71. The van der Waals surface area contributed by atoms with Crippen LogP contribution in [0.4, 0.5) is 5.82 Å². The van der Waals surface area contributed by atoms with E-state index < -0.39 is 0 Å². The second kappa shape index (κ2) is 3.83. The zero-order chi connectivity index (χ0) is 11.0. The topological polar surface area (TPSA) is 56.7 Å². The Bertz CT molecular complexity index is 344. The molecule has 0 aliphatic heterocycles. The summed E-state index contributed by atoms with van der Waals surface area (Å²) in [5, 5.41) is 8.07. The van der Waals surface area contributed by atoms with E-state index in [2.05, 4.69) is 24.2 Å². The number of rotatable bonds is 1. The van der Waals surface area contributed by atoms with Crippen LogP contribution in [0.3, 0.4) is 0 Å². The van der Waals surface area contributed by atoms with Crippen LogP contribution in [-0.4, -0.2) is 15.0 Å². The van der Waals surface area contributed by atoms with E-state index in [0.29, 0.717) is 11.9 Å². The van der Waals surface area contributed by atoms with Crippen molar-refractivity contribution in [3.05, 3.63) is 5.69 Å². The monoisotopic (exact) mass is 208 g/mol. The van der Waals surface area contributed by atoms with Crippen molar-refractivity contribution in [3.63, 3.8) is 0 Å². The van der Waals surface area contributed by atoms with Gasteiger partial charge < -0.3 is 5.73 Å². The molecule has 0 saturated heterocycles. The van der Waals surface area contributed by atoms with Gasteiger partial charge in [0, 0.05) is 0 Å². The molecule has 2 rings (SSSR count). The van der Waals surface area contributed by atoms with E-state index in [0.717, 1.165) is 17.5 Å². The van der Waals surface area contributed by atoms with Crippen molar-refractivity contribution < 1.29 is 0 Å². The molecule has 0 aromatic carbocycles. The molecule has 0 amide bonds. The lowest BCUT2D eigenvalue weighted by atomic mass is 9.79. The number of nitrogens with two attached hydrogens (primary N) is 1. The number of hydrogen-bond donors (Lipinski definition) is 1. The Labute approximate surface area is 90.8 Å². The Hall–Kier alpha value is -1.06. The molecule has 3 atom stereocenters. The summed E-state index contributed by atoms with van der Waals surface area (Å²) in [6.07, 6.45) is 3.69. The molecule has 15 heavy (non-hydrogen) atoms. The van der Waals surface area contributed by atoms with Crippen molar-refractivity contribution in [1.82, 2.24) is 15.0 Å². The van der Waals surface area contributed by atoms with Crippen LogP contribution < -0.4 is 5.73 Å². The van der Waals surface area contributed by atoms with Gasteiger partial charge in [0.1, 0.15) is 0 Å². The summed E-state index contributed by atoms with van der Waals surface area (Å²) >= 11 is 0. The van der Waals surface area contributed by atoms with Gasteiger partial charge in [-0.3, -0.25) is 0 Å². The number of hydrogen-bond acceptors (Lipinski definition) is 3. The Morgan fingerprint density at radius 3 is 2.53 bits per heavy atom. The molecule has 0 spiro atoms. The molecule has 1 aliphatic carbocycles. The van der Waals surface area contributed by atoms with Crippen LogP contribution in [0, 0.1) is 18.8 Å². The highest BCUT2D eigenvalue weighted by Crippen LogP contribution is 2.36. The van der Waals surface area contributed by atoms with Crippen LogP contribution in [0.2, 0.25) is 0 Å². The molecule has 3 unspecified atom stereocenters. The number of nitrogen functional groups attached to an aromatic ring is 1. The molecule has 1 saturated carbocycles. The molecule has 4 heteroatoms. The predicted octanol–water partition coefficient (Wildman–Crippen LogP) is 2.17. The zero-order valence-corrected chi connectivity index (χ0v) is 9.77. The van der Waals surface area contributed by atoms with E-state index in [-0.39, 0.29) is 0 Å². The van der Waals surface area contributed by atoms with Crippen LogP contribution >= 0.6 is 0 Å². The van der Waals surface area contributed by atoms with Gasteiger partial charge >= 0.3 is 0 Å². The van der Waals surface area contributed by atoms with Gasteiger partial charge in [0.2, 0.25) is 0 Å². The zero-order valence-electron chi connectivity index (χ0n) is 9.77. The van der Waals surface area contributed by atoms with Gasteiger partial charge in [0.25, 0.3) is 0 Å². The second-order valence-electron chi connectivity index (χ2n) is 4.93. The molecular weight excluding hydrogens is 188 g/mol. The van der Waals surface area contributed by atoms with Crippen LogP contribution in [0.5, 0.6) is 0 Å². The minimum Gasteiger partial charge on any atom is -0.381 e. The largest absolute Gasteiger partial charge is 0.381 e. The highest BCUT2D eigenvalue weighted by molar-refractivity contribution is 5.31. The Balaban J connectivity index is 2.15. The summed E-state index contributed by atoms with van der Waals surface area (Å²) in [5.41, 5.74) is 6.73. The summed E-state index contributed by atoms with van der Waals surface area (Å²) < 4.78 is 2.01. The first-order valence-corrected chi connectivity index (χ1v) is 5.77. The van der Waals surface area contributed by atoms with Crippen molar-refractivity contribution in [2.75, 3.05) is 5.73 Å². The first-order chi connectivity index (χ1) is 7.09. The predicted molar refractivity (Wildman–Crippen MR) is 60.4 cm³/mol. The van der Waals surface area contributed by atoms with E-state index in [1.54, 1.807) is 0 Å². The summed E-state index contributed by atoms with van der Waals surface area (Å²) in [5.74, 6) is 2.18. The third-order valence-electron chi connectivity index (χ3n) is 3.88. The molecule has 2 N–H and O–H groups in total. The average molecular weight is 208 g/mol. The molecule has 1 aromatic heterocycles. The molecule has 1 heterocycles. The van der Waals surface area contributed by atoms with Crippen molar-refractivity contribution >= 4 is 5.82 Å². The summed E-state index contributed by atoms with van der Waals surface area (Å²) in [6, 6.07) is 0.501. The lowest BCUT2D eigenvalue weighted by molar-refractivity contribution is 0.197. The van der Waals surface area contributed by atoms with Crippen LogP contribution in [0.25, 0.3) is 0 Å². The number of anilines is 1. The minimum absolute atomic E-state index is 0.501. The lowest BCUT2D eigenvalue weighted by Crippen LogP contribution is -2.24. The highest BCUT2D eigenvalue weighted by Gasteiger charge is 2.27. The molecule has 0 bridgehead atoms. The van der Waals surface area contributed by atoms with E-state index in [4.69, 9.17) is 5.73 Å². The number of nitrogens with zero attached hydrogens (tertiary/aromatic N) is 3. The fourth-order valence-electron chi connectivity index (χ4n) is 2.44. The van der Waals surface area contributed by atoms with Gasteiger partial charge in [-0.25, -0.2) is 4.68 Å². The highest BCUT2D eigenvalue weighted by atomic mass is 15.5. The van der Waals surface area contributed by atoms with E-state index in [1.807, 2.05) is 11.6 Å². The summed E-state index contributed by atoms with van der Waals surface area (Å²) in [6.45, 7) is 6.66. The molecule has 1 aliphatic rings. The number of aromatic nitrogens is 3.